The molecular formula is C18H11ClN2O3S2. The summed E-state index contributed by atoms with van der Waals surface area (Å²) in [5.41, 5.74) is 1.47. The number of non-ortho nitro benzene ring substituents is 1. The Morgan fingerprint density at radius 1 is 1.19 bits per heavy atom. The lowest BCUT2D eigenvalue weighted by Crippen LogP contribution is -2.26. The molecule has 26 heavy (non-hydrogen) atoms. The van der Waals surface area contributed by atoms with E-state index in [0.29, 0.717) is 20.6 Å². The Kier molecular flexibility index (Phi) is 5.51. The van der Waals surface area contributed by atoms with Crippen LogP contribution in [-0.4, -0.2) is 15.2 Å². The van der Waals surface area contributed by atoms with Crippen molar-refractivity contribution in [3.63, 3.8) is 0 Å². The van der Waals surface area contributed by atoms with Gasteiger partial charge in [0.2, 0.25) is 0 Å². The van der Waals surface area contributed by atoms with E-state index in [0.717, 1.165) is 17.3 Å². The number of carbonyl (C=O) groups excluding carboxylic acids is 1. The zero-order valence-electron chi connectivity index (χ0n) is 13.2. The van der Waals surface area contributed by atoms with Crippen LogP contribution in [0.1, 0.15) is 5.56 Å². The first-order valence-corrected chi connectivity index (χ1v) is 9.00. The molecule has 130 valence electrons. The molecule has 1 aliphatic heterocycles. The highest BCUT2D eigenvalue weighted by Gasteiger charge is 2.32. The molecule has 0 bridgehead atoms. The van der Waals surface area contributed by atoms with E-state index in [9.17, 15) is 14.9 Å². The number of amides is 1. The molecule has 0 radical (unpaired) electrons. The highest BCUT2D eigenvalue weighted by atomic mass is 35.5. The molecule has 1 heterocycles. The van der Waals surface area contributed by atoms with Crippen molar-refractivity contribution in [2.45, 2.75) is 0 Å². The van der Waals surface area contributed by atoms with E-state index in [1.807, 2.05) is 0 Å². The minimum Gasteiger partial charge on any atom is -0.261 e. The molecule has 2 aromatic rings. The van der Waals surface area contributed by atoms with Gasteiger partial charge in [-0.3, -0.25) is 19.8 Å². The second-order valence-corrected chi connectivity index (χ2v) is 7.04. The Bertz CT molecular complexity index is 955. The van der Waals surface area contributed by atoms with Gasteiger partial charge in [-0.2, -0.15) is 0 Å². The van der Waals surface area contributed by atoms with Gasteiger partial charge in [0.25, 0.3) is 10.9 Å². The van der Waals surface area contributed by atoms with Crippen LogP contribution in [0, 0.1) is 10.1 Å². The molecule has 0 unspecified atom stereocenters. The van der Waals surface area contributed by atoms with Crippen LogP contribution in [0.5, 0.6) is 0 Å². The number of allylic oxidation sites excluding steroid dienone is 2. The fraction of sp³-hybridized carbons (Fsp3) is 0. The molecule has 1 saturated heterocycles. The van der Waals surface area contributed by atoms with E-state index < -0.39 is 4.92 Å². The van der Waals surface area contributed by atoms with Crippen molar-refractivity contribution in [1.29, 1.82) is 0 Å². The number of nitrogens with zero attached hydrogens (tertiary/aromatic N) is 2. The van der Waals surface area contributed by atoms with E-state index >= 15 is 0 Å². The Hall–Kier alpha value is -2.48. The summed E-state index contributed by atoms with van der Waals surface area (Å²) in [6.07, 6.45) is 5.29. The van der Waals surface area contributed by atoms with Crippen molar-refractivity contribution in [3.8, 4) is 0 Å². The lowest BCUT2D eigenvalue weighted by atomic mass is 10.2. The molecule has 1 amide bonds. The number of nitro benzene ring substituents is 1. The third kappa shape index (κ3) is 4.01. The van der Waals surface area contributed by atoms with Crippen LogP contribution < -0.4 is 4.90 Å². The molecular weight excluding hydrogens is 392 g/mol. The summed E-state index contributed by atoms with van der Waals surface area (Å²) in [6, 6.07) is 13.1. The van der Waals surface area contributed by atoms with E-state index in [1.165, 1.54) is 17.0 Å². The maximum Gasteiger partial charge on any atom is 0.296 e. The first-order chi connectivity index (χ1) is 12.5. The molecule has 1 aliphatic rings. The average molecular weight is 403 g/mol. The molecule has 0 saturated carbocycles. The van der Waals surface area contributed by atoms with Crippen LogP contribution in [0.4, 0.5) is 16.2 Å². The minimum absolute atomic E-state index is 0.0378. The Morgan fingerprint density at radius 2 is 1.92 bits per heavy atom. The minimum atomic E-state index is -0.445. The van der Waals surface area contributed by atoms with Crippen LogP contribution >= 0.6 is 35.6 Å². The SMILES string of the molecule is O=C1SC(=CC=Cc2ccc([N+](=O)[O-])cc2)C(=S)N1c1cccc(Cl)c1. The number of anilines is 1. The van der Waals surface area contributed by atoms with Gasteiger partial charge >= 0.3 is 0 Å². The van der Waals surface area contributed by atoms with Crippen molar-refractivity contribution in [2.75, 3.05) is 4.90 Å². The molecule has 0 atom stereocenters. The van der Waals surface area contributed by atoms with Gasteiger partial charge in [-0.1, -0.05) is 42.0 Å². The standard InChI is InChI=1S/C18H11ClN2O3S2/c19-13-4-2-5-15(11-13)20-17(25)16(26-18(20)22)6-1-3-12-7-9-14(10-8-12)21(23)24/h1-11H. The molecule has 0 aromatic heterocycles. The molecule has 3 rings (SSSR count). The summed E-state index contributed by atoms with van der Waals surface area (Å²) >= 11 is 12.4. The fourth-order valence-electron chi connectivity index (χ4n) is 2.27. The molecule has 1 fully saturated rings. The zero-order chi connectivity index (χ0) is 18.7. The third-order valence-corrected chi connectivity index (χ3v) is 5.17. The van der Waals surface area contributed by atoms with E-state index in [2.05, 4.69) is 0 Å². The summed E-state index contributed by atoms with van der Waals surface area (Å²) in [6.45, 7) is 0. The number of thiocarbonyl (C=S) groups is 1. The predicted molar refractivity (Wildman–Crippen MR) is 110 cm³/mol. The number of rotatable bonds is 4. The Labute approximate surface area is 164 Å². The number of hydrogen-bond donors (Lipinski definition) is 0. The second kappa shape index (κ2) is 7.82. The molecule has 0 spiro atoms. The molecule has 8 heteroatoms. The number of thioether (sulfide) groups is 1. The number of hydrogen-bond acceptors (Lipinski definition) is 5. The van der Waals surface area contributed by atoms with Crippen LogP contribution in [-0.2, 0) is 0 Å². The van der Waals surface area contributed by atoms with Gasteiger partial charge in [0.1, 0.15) is 4.99 Å². The smallest absolute Gasteiger partial charge is 0.261 e. The maximum absolute atomic E-state index is 12.3. The van der Waals surface area contributed by atoms with Crippen LogP contribution in [0.3, 0.4) is 0 Å². The first kappa shape index (κ1) is 18.3. The number of benzene rings is 2. The largest absolute Gasteiger partial charge is 0.296 e. The fourth-order valence-corrected chi connectivity index (χ4v) is 3.70. The summed E-state index contributed by atoms with van der Waals surface area (Å²) in [5, 5.41) is 11.0. The molecule has 0 aliphatic carbocycles. The van der Waals surface area contributed by atoms with Gasteiger partial charge in [0.15, 0.2) is 0 Å². The summed E-state index contributed by atoms with van der Waals surface area (Å²) in [7, 11) is 0. The summed E-state index contributed by atoms with van der Waals surface area (Å²) < 4.78 is 0. The maximum atomic E-state index is 12.3. The van der Waals surface area contributed by atoms with Crippen molar-refractivity contribution < 1.29 is 9.72 Å². The average Bonchev–Trinajstić information content (AvgIpc) is 2.89. The molecule has 0 N–H and O–H groups in total. The van der Waals surface area contributed by atoms with Gasteiger partial charge in [0.05, 0.1) is 15.5 Å². The normalized spacial score (nSPS) is 16.0. The number of halogens is 1. The topological polar surface area (TPSA) is 63.4 Å². The van der Waals surface area contributed by atoms with Gasteiger partial charge in [0, 0.05) is 17.2 Å². The second-order valence-electron chi connectivity index (χ2n) is 5.23. The lowest BCUT2D eigenvalue weighted by Gasteiger charge is -2.14. The zero-order valence-corrected chi connectivity index (χ0v) is 15.6. The van der Waals surface area contributed by atoms with E-state index in [-0.39, 0.29) is 10.9 Å². The molecule has 5 nitrogen and oxygen atoms in total. The van der Waals surface area contributed by atoms with Crippen molar-refractivity contribution in [1.82, 2.24) is 0 Å². The number of nitro groups is 1. The van der Waals surface area contributed by atoms with Crippen LogP contribution in [0.25, 0.3) is 6.08 Å². The van der Waals surface area contributed by atoms with Gasteiger partial charge in [-0.05, 0) is 53.7 Å². The van der Waals surface area contributed by atoms with Gasteiger partial charge < -0.3 is 0 Å². The monoisotopic (exact) mass is 402 g/mol. The number of carbonyl (C=O) groups is 1. The quantitative estimate of drug-likeness (QED) is 0.278. The Balaban J connectivity index is 1.76. The van der Waals surface area contributed by atoms with Gasteiger partial charge in [-0.25, -0.2) is 0 Å². The lowest BCUT2D eigenvalue weighted by molar-refractivity contribution is -0.384. The van der Waals surface area contributed by atoms with Crippen molar-refractivity contribution in [3.05, 3.63) is 86.3 Å². The van der Waals surface area contributed by atoms with Crippen LogP contribution in [0.15, 0.2) is 65.6 Å². The highest BCUT2D eigenvalue weighted by Crippen LogP contribution is 2.36. The third-order valence-electron chi connectivity index (χ3n) is 3.50. The van der Waals surface area contributed by atoms with Gasteiger partial charge in [-0.15, -0.1) is 0 Å². The summed E-state index contributed by atoms with van der Waals surface area (Å²) in [5.74, 6) is 0. The van der Waals surface area contributed by atoms with E-state index in [4.69, 9.17) is 23.8 Å². The predicted octanol–water partition coefficient (Wildman–Crippen LogP) is 5.85. The summed E-state index contributed by atoms with van der Waals surface area (Å²) in [4.78, 5) is 25.0. The highest BCUT2D eigenvalue weighted by molar-refractivity contribution is 8.20. The van der Waals surface area contributed by atoms with Crippen molar-refractivity contribution in [2.24, 2.45) is 0 Å². The van der Waals surface area contributed by atoms with Crippen LogP contribution in [0.2, 0.25) is 5.02 Å². The van der Waals surface area contributed by atoms with Crippen molar-refractivity contribution >= 4 is 63.3 Å². The first-order valence-electron chi connectivity index (χ1n) is 7.40. The molecule has 2 aromatic carbocycles. The Morgan fingerprint density at radius 3 is 2.58 bits per heavy atom. The van der Waals surface area contributed by atoms with E-state index in [1.54, 1.807) is 54.6 Å².